The summed E-state index contributed by atoms with van der Waals surface area (Å²) >= 11 is 0. The van der Waals surface area contributed by atoms with Crippen molar-refractivity contribution in [3.63, 3.8) is 0 Å². The van der Waals surface area contributed by atoms with E-state index in [1.165, 1.54) is 11.1 Å². The number of nitrogens with one attached hydrogen (secondary N) is 2. The first kappa shape index (κ1) is 22.9. The highest BCUT2D eigenvalue weighted by molar-refractivity contribution is 14.0. The topological polar surface area (TPSA) is 85.0 Å². The van der Waals surface area contributed by atoms with E-state index in [1.807, 2.05) is 16.9 Å². The van der Waals surface area contributed by atoms with Gasteiger partial charge in [0, 0.05) is 38.4 Å². The second kappa shape index (κ2) is 12.2. The highest BCUT2D eigenvalue weighted by Crippen LogP contribution is 2.11. The Morgan fingerprint density at radius 3 is 2.66 bits per heavy atom. The molecular formula is C20H29IN8. The van der Waals surface area contributed by atoms with E-state index in [1.54, 1.807) is 12.5 Å². The van der Waals surface area contributed by atoms with Crippen molar-refractivity contribution in [2.24, 2.45) is 4.99 Å². The third-order valence-corrected chi connectivity index (χ3v) is 4.42. The Morgan fingerprint density at radius 2 is 1.93 bits per heavy atom. The SMILES string of the molecule is CCNC(=NCc1ccccc1Cn1cccn1)NCCn1cnnc1CC.I. The van der Waals surface area contributed by atoms with E-state index >= 15 is 0 Å². The van der Waals surface area contributed by atoms with Crippen LogP contribution >= 0.6 is 24.0 Å². The van der Waals surface area contributed by atoms with Gasteiger partial charge >= 0.3 is 0 Å². The van der Waals surface area contributed by atoms with Gasteiger partial charge in [-0.15, -0.1) is 34.2 Å². The molecule has 29 heavy (non-hydrogen) atoms. The van der Waals surface area contributed by atoms with Crippen molar-refractivity contribution in [1.29, 1.82) is 0 Å². The highest BCUT2D eigenvalue weighted by Gasteiger charge is 2.05. The van der Waals surface area contributed by atoms with Crippen molar-refractivity contribution in [2.75, 3.05) is 13.1 Å². The van der Waals surface area contributed by atoms with Crippen molar-refractivity contribution >= 4 is 29.9 Å². The summed E-state index contributed by atoms with van der Waals surface area (Å²) < 4.78 is 3.99. The van der Waals surface area contributed by atoms with Crippen LogP contribution in [0.1, 0.15) is 30.8 Å². The van der Waals surface area contributed by atoms with Gasteiger partial charge in [0.05, 0.1) is 13.1 Å². The van der Waals surface area contributed by atoms with Crippen LogP contribution in [-0.4, -0.2) is 43.6 Å². The van der Waals surface area contributed by atoms with Crippen molar-refractivity contribution in [3.8, 4) is 0 Å². The molecule has 156 valence electrons. The fraction of sp³-hybridized carbons (Fsp3) is 0.400. The average Bonchev–Trinajstić information content (AvgIpc) is 3.39. The minimum absolute atomic E-state index is 0. The average molecular weight is 508 g/mol. The number of halogens is 1. The predicted molar refractivity (Wildman–Crippen MR) is 125 cm³/mol. The Labute approximate surface area is 188 Å². The molecule has 2 N–H and O–H groups in total. The number of hydrogen-bond donors (Lipinski definition) is 2. The van der Waals surface area contributed by atoms with Crippen LogP contribution in [0.15, 0.2) is 54.0 Å². The van der Waals surface area contributed by atoms with Crippen LogP contribution in [0.4, 0.5) is 0 Å². The minimum atomic E-state index is 0. The molecule has 2 heterocycles. The molecule has 0 radical (unpaired) electrons. The Hall–Kier alpha value is -2.43. The molecule has 0 aliphatic heterocycles. The summed E-state index contributed by atoms with van der Waals surface area (Å²) in [6, 6.07) is 10.3. The first-order chi connectivity index (χ1) is 13.8. The van der Waals surface area contributed by atoms with Gasteiger partial charge in [-0.3, -0.25) is 4.68 Å². The lowest BCUT2D eigenvalue weighted by molar-refractivity contribution is 0.632. The van der Waals surface area contributed by atoms with Gasteiger partial charge in [-0.2, -0.15) is 5.10 Å². The first-order valence-electron chi connectivity index (χ1n) is 9.73. The Morgan fingerprint density at radius 1 is 1.10 bits per heavy atom. The molecule has 0 unspecified atom stereocenters. The Bertz CT molecular complexity index is 872. The molecule has 0 saturated heterocycles. The number of guanidine groups is 1. The molecule has 9 heteroatoms. The number of aromatic nitrogens is 5. The fourth-order valence-electron chi connectivity index (χ4n) is 2.97. The third kappa shape index (κ3) is 6.84. The van der Waals surface area contributed by atoms with Crippen molar-refractivity contribution in [2.45, 2.75) is 39.9 Å². The lowest BCUT2D eigenvalue weighted by Gasteiger charge is -2.13. The number of rotatable bonds is 9. The zero-order valence-electron chi connectivity index (χ0n) is 17.0. The van der Waals surface area contributed by atoms with Crippen molar-refractivity contribution in [1.82, 2.24) is 35.2 Å². The van der Waals surface area contributed by atoms with Crippen molar-refractivity contribution < 1.29 is 0 Å². The maximum Gasteiger partial charge on any atom is 0.191 e. The zero-order valence-corrected chi connectivity index (χ0v) is 19.3. The summed E-state index contributed by atoms with van der Waals surface area (Å²) in [5, 5.41) is 19.1. The number of hydrogen-bond acceptors (Lipinski definition) is 4. The molecule has 3 rings (SSSR count). The van der Waals surface area contributed by atoms with Crippen LogP contribution in [0.2, 0.25) is 0 Å². The summed E-state index contributed by atoms with van der Waals surface area (Å²) in [4.78, 5) is 4.76. The van der Waals surface area contributed by atoms with Gasteiger partial charge in [0.1, 0.15) is 12.2 Å². The quantitative estimate of drug-likeness (QED) is 0.264. The van der Waals surface area contributed by atoms with Crippen LogP contribution in [0, 0.1) is 0 Å². The van der Waals surface area contributed by atoms with Gasteiger partial charge in [-0.05, 0) is 24.1 Å². The van der Waals surface area contributed by atoms with E-state index in [0.29, 0.717) is 6.54 Å². The van der Waals surface area contributed by atoms with Crippen LogP contribution in [0.25, 0.3) is 0 Å². The molecule has 8 nitrogen and oxygen atoms in total. The lowest BCUT2D eigenvalue weighted by Crippen LogP contribution is -2.39. The van der Waals surface area contributed by atoms with E-state index < -0.39 is 0 Å². The van der Waals surface area contributed by atoms with Gasteiger partial charge in [0.25, 0.3) is 0 Å². The van der Waals surface area contributed by atoms with Gasteiger partial charge in [0.15, 0.2) is 5.96 Å². The number of nitrogens with zero attached hydrogens (tertiary/aromatic N) is 6. The second-order valence-corrected chi connectivity index (χ2v) is 6.39. The predicted octanol–water partition coefficient (Wildman–Crippen LogP) is 2.46. The maximum absolute atomic E-state index is 4.76. The molecule has 0 saturated carbocycles. The monoisotopic (exact) mass is 508 g/mol. The van der Waals surface area contributed by atoms with Gasteiger partial charge in [0.2, 0.25) is 0 Å². The molecule has 0 fully saturated rings. The minimum Gasteiger partial charge on any atom is -0.357 e. The summed E-state index contributed by atoms with van der Waals surface area (Å²) in [6.45, 7) is 7.88. The molecule has 2 aromatic heterocycles. The van der Waals surface area contributed by atoms with Crippen LogP contribution in [0.3, 0.4) is 0 Å². The third-order valence-electron chi connectivity index (χ3n) is 4.42. The van der Waals surface area contributed by atoms with E-state index in [0.717, 1.165) is 44.4 Å². The van der Waals surface area contributed by atoms with Gasteiger partial charge in [-0.1, -0.05) is 31.2 Å². The Kier molecular flexibility index (Phi) is 9.62. The molecule has 0 spiro atoms. The van der Waals surface area contributed by atoms with Gasteiger partial charge < -0.3 is 15.2 Å². The summed E-state index contributed by atoms with van der Waals surface area (Å²) in [5.74, 6) is 1.80. The van der Waals surface area contributed by atoms with Crippen LogP contribution in [-0.2, 0) is 26.1 Å². The summed E-state index contributed by atoms with van der Waals surface area (Å²) in [6.07, 6.45) is 6.42. The van der Waals surface area contributed by atoms with Crippen molar-refractivity contribution in [3.05, 3.63) is 66.0 Å². The molecule has 0 atom stereocenters. The number of benzene rings is 1. The standard InChI is InChI=1S/C20H28N8.HI/c1-3-19-26-24-16-27(19)13-11-22-20(21-4-2)23-14-17-8-5-6-9-18(17)15-28-12-7-10-25-28;/h5-10,12,16H,3-4,11,13-15H2,1-2H3,(H2,21,22,23);1H. The number of aryl methyl sites for hydroxylation is 1. The van der Waals surface area contributed by atoms with Crippen LogP contribution in [0.5, 0.6) is 0 Å². The molecule has 0 aliphatic rings. The van der Waals surface area contributed by atoms with E-state index in [-0.39, 0.29) is 24.0 Å². The normalized spacial score (nSPS) is 11.2. The lowest BCUT2D eigenvalue weighted by atomic mass is 10.1. The number of aliphatic imine (C=N–C) groups is 1. The largest absolute Gasteiger partial charge is 0.357 e. The molecule has 1 aromatic carbocycles. The van der Waals surface area contributed by atoms with E-state index in [2.05, 4.69) is 68.6 Å². The highest BCUT2D eigenvalue weighted by atomic mass is 127. The maximum atomic E-state index is 4.76. The van der Waals surface area contributed by atoms with E-state index in [9.17, 15) is 0 Å². The Balaban J connectivity index is 0.00000300. The van der Waals surface area contributed by atoms with Gasteiger partial charge in [-0.25, -0.2) is 4.99 Å². The molecular weight excluding hydrogens is 479 g/mol. The second-order valence-electron chi connectivity index (χ2n) is 6.39. The van der Waals surface area contributed by atoms with E-state index in [4.69, 9.17) is 4.99 Å². The molecule has 0 aliphatic carbocycles. The molecule has 0 bridgehead atoms. The fourth-order valence-corrected chi connectivity index (χ4v) is 2.97. The molecule has 0 amide bonds. The zero-order chi connectivity index (χ0) is 19.6. The summed E-state index contributed by atoms with van der Waals surface area (Å²) in [7, 11) is 0. The first-order valence-corrected chi connectivity index (χ1v) is 9.73. The summed E-state index contributed by atoms with van der Waals surface area (Å²) in [5.41, 5.74) is 2.42. The smallest absolute Gasteiger partial charge is 0.191 e. The van der Waals surface area contributed by atoms with Crippen LogP contribution < -0.4 is 10.6 Å². The molecule has 3 aromatic rings.